The van der Waals surface area contributed by atoms with Gasteiger partial charge in [-0.05, 0) is 43.0 Å². The number of rotatable bonds is 6. The molecule has 0 aliphatic heterocycles. The van der Waals surface area contributed by atoms with E-state index in [1.807, 2.05) is 6.92 Å². The molecule has 16 heavy (non-hydrogen) atoms. The first-order valence-electron chi connectivity index (χ1n) is 5.74. The molecule has 0 aliphatic rings. The largest absolute Gasteiger partial charge is 0.381 e. The van der Waals surface area contributed by atoms with Crippen molar-refractivity contribution in [3.8, 4) is 0 Å². The van der Waals surface area contributed by atoms with Crippen molar-refractivity contribution in [1.29, 1.82) is 0 Å². The van der Waals surface area contributed by atoms with Crippen LogP contribution in [0.4, 0.5) is 4.39 Å². The Balaban J connectivity index is 2.51. The van der Waals surface area contributed by atoms with Crippen LogP contribution >= 0.6 is 0 Å². The smallest absolute Gasteiger partial charge is 0.123 e. The first-order chi connectivity index (χ1) is 7.65. The summed E-state index contributed by atoms with van der Waals surface area (Å²) in [6.07, 6.45) is 1.73. The normalized spacial score (nSPS) is 12.8. The monoisotopic (exact) mass is 225 g/mol. The van der Waals surface area contributed by atoms with E-state index in [-0.39, 0.29) is 11.9 Å². The molecular formula is C13H20FNO. The zero-order valence-electron chi connectivity index (χ0n) is 10.0. The summed E-state index contributed by atoms with van der Waals surface area (Å²) in [5.74, 6) is -0.231. The van der Waals surface area contributed by atoms with Gasteiger partial charge in [-0.2, -0.15) is 0 Å². The van der Waals surface area contributed by atoms with E-state index in [2.05, 4.69) is 6.92 Å². The molecule has 0 amide bonds. The average Bonchev–Trinajstić information content (AvgIpc) is 2.27. The van der Waals surface area contributed by atoms with Gasteiger partial charge in [0.25, 0.3) is 0 Å². The first kappa shape index (κ1) is 13.1. The molecule has 0 aliphatic carbocycles. The number of aryl methyl sites for hydroxylation is 1. The summed E-state index contributed by atoms with van der Waals surface area (Å²) in [4.78, 5) is 0. The zero-order chi connectivity index (χ0) is 12.0. The Labute approximate surface area is 96.6 Å². The topological polar surface area (TPSA) is 35.2 Å². The summed E-state index contributed by atoms with van der Waals surface area (Å²) in [5, 5.41) is 0. The Kier molecular flexibility index (Phi) is 5.43. The van der Waals surface area contributed by atoms with Crippen molar-refractivity contribution in [1.82, 2.24) is 0 Å². The van der Waals surface area contributed by atoms with Crippen LogP contribution in [0.5, 0.6) is 0 Å². The molecule has 1 rings (SSSR count). The minimum Gasteiger partial charge on any atom is -0.381 e. The van der Waals surface area contributed by atoms with Crippen LogP contribution in [0.1, 0.15) is 36.9 Å². The molecule has 2 nitrogen and oxygen atoms in total. The Bertz CT molecular complexity index is 328. The molecule has 0 saturated carbocycles. The summed E-state index contributed by atoms with van der Waals surface area (Å²) in [6, 6.07) is 4.59. The number of nitrogens with two attached hydrogens (primary N) is 1. The molecule has 1 unspecified atom stereocenters. The van der Waals surface area contributed by atoms with Gasteiger partial charge in [-0.3, -0.25) is 0 Å². The van der Waals surface area contributed by atoms with Crippen molar-refractivity contribution in [3.63, 3.8) is 0 Å². The van der Waals surface area contributed by atoms with Gasteiger partial charge in [0.15, 0.2) is 0 Å². The highest BCUT2D eigenvalue weighted by Gasteiger charge is 2.09. The molecule has 0 radical (unpaired) electrons. The van der Waals surface area contributed by atoms with E-state index < -0.39 is 0 Å². The van der Waals surface area contributed by atoms with Crippen molar-refractivity contribution >= 4 is 0 Å². The lowest BCUT2D eigenvalue weighted by atomic mass is 10.00. The maximum Gasteiger partial charge on any atom is 0.123 e. The molecule has 2 N–H and O–H groups in total. The molecule has 0 aromatic heterocycles. The maximum absolute atomic E-state index is 13.1. The molecule has 0 heterocycles. The third-order valence-electron chi connectivity index (χ3n) is 2.56. The second-order valence-electron chi connectivity index (χ2n) is 4.01. The fourth-order valence-electron chi connectivity index (χ4n) is 1.62. The van der Waals surface area contributed by atoms with E-state index in [1.54, 1.807) is 6.07 Å². The van der Waals surface area contributed by atoms with Crippen molar-refractivity contribution < 1.29 is 9.13 Å². The van der Waals surface area contributed by atoms with Crippen LogP contribution in [0.25, 0.3) is 0 Å². The predicted molar refractivity (Wildman–Crippen MR) is 63.8 cm³/mol. The van der Waals surface area contributed by atoms with Crippen LogP contribution in [0.3, 0.4) is 0 Å². The predicted octanol–water partition coefficient (Wildman–Crippen LogP) is 2.95. The average molecular weight is 225 g/mol. The van der Waals surface area contributed by atoms with Gasteiger partial charge in [-0.25, -0.2) is 4.39 Å². The van der Waals surface area contributed by atoms with E-state index in [1.165, 1.54) is 12.1 Å². The van der Waals surface area contributed by atoms with Crippen molar-refractivity contribution in [2.75, 3.05) is 13.2 Å². The number of benzene rings is 1. The Morgan fingerprint density at radius 3 is 2.81 bits per heavy atom. The van der Waals surface area contributed by atoms with Crippen LogP contribution in [-0.2, 0) is 4.74 Å². The summed E-state index contributed by atoms with van der Waals surface area (Å²) < 4.78 is 18.4. The zero-order valence-corrected chi connectivity index (χ0v) is 10.0. The van der Waals surface area contributed by atoms with E-state index in [0.717, 1.165) is 30.6 Å². The van der Waals surface area contributed by atoms with Crippen LogP contribution in [0.15, 0.2) is 18.2 Å². The molecular weight excluding hydrogens is 205 g/mol. The van der Waals surface area contributed by atoms with E-state index in [9.17, 15) is 4.39 Å². The number of hydrogen-bond acceptors (Lipinski definition) is 2. The molecule has 0 bridgehead atoms. The van der Waals surface area contributed by atoms with Gasteiger partial charge < -0.3 is 10.5 Å². The van der Waals surface area contributed by atoms with Gasteiger partial charge in [0, 0.05) is 19.3 Å². The molecule has 0 fully saturated rings. The van der Waals surface area contributed by atoms with Crippen LogP contribution in [0.2, 0.25) is 0 Å². The summed E-state index contributed by atoms with van der Waals surface area (Å²) in [6.45, 7) is 5.40. The van der Waals surface area contributed by atoms with Crippen molar-refractivity contribution in [2.24, 2.45) is 5.73 Å². The lowest BCUT2D eigenvalue weighted by Gasteiger charge is -2.14. The molecule has 1 aromatic rings. The molecule has 1 atom stereocenters. The fourth-order valence-corrected chi connectivity index (χ4v) is 1.62. The highest BCUT2D eigenvalue weighted by atomic mass is 19.1. The molecule has 1 aromatic carbocycles. The Morgan fingerprint density at radius 1 is 1.38 bits per heavy atom. The lowest BCUT2D eigenvalue weighted by Crippen LogP contribution is -2.14. The minimum absolute atomic E-state index is 0.146. The maximum atomic E-state index is 13.1. The first-order valence-corrected chi connectivity index (χ1v) is 5.74. The molecule has 0 spiro atoms. The molecule has 90 valence electrons. The van der Waals surface area contributed by atoms with Crippen molar-refractivity contribution in [3.05, 3.63) is 35.1 Å². The van der Waals surface area contributed by atoms with Crippen LogP contribution in [-0.4, -0.2) is 13.2 Å². The van der Waals surface area contributed by atoms with E-state index in [4.69, 9.17) is 10.5 Å². The Hall–Kier alpha value is -0.930. The van der Waals surface area contributed by atoms with Crippen molar-refractivity contribution in [2.45, 2.75) is 32.7 Å². The third kappa shape index (κ3) is 3.91. The van der Waals surface area contributed by atoms with Crippen LogP contribution in [0, 0.1) is 12.7 Å². The second-order valence-corrected chi connectivity index (χ2v) is 4.01. The van der Waals surface area contributed by atoms with Gasteiger partial charge in [0.2, 0.25) is 0 Å². The van der Waals surface area contributed by atoms with E-state index in [0.29, 0.717) is 6.61 Å². The van der Waals surface area contributed by atoms with E-state index >= 15 is 0 Å². The number of halogens is 1. The van der Waals surface area contributed by atoms with Gasteiger partial charge in [0.1, 0.15) is 5.82 Å². The second kappa shape index (κ2) is 6.61. The Morgan fingerprint density at radius 2 is 2.12 bits per heavy atom. The van der Waals surface area contributed by atoms with Gasteiger partial charge in [-0.1, -0.05) is 13.0 Å². The number of ether oxygens (including phenoxy) is 1. The number of hydrogen-bond donors (Lipinski definition) is 1. The quantitative estimate of drug-likeness (QED) is 0.755. The highest BCUT2D eigenvalue weighted by molar-refractivity contribution is 5.29. The lowest BCUT2D eigenvalue weighted by molar-refractivity contribution is 0.127. The van der Waals surface area contributed by atoms with Gasteiger partial charge >= 0.3 is 0 Å². The summed E-state index contributed by atoms with van der Waals surface area (Å²) in [5.41, 5.74) is 7.91. The summed E-state index contributed by atoms with van der Waals surface area (Å²) in [7, 11) is 0. The third-order valence-corrected chi connectivity index (χ3v) is 2.56. The SMILES string of the molecule is CCCOCCC(N)c1cc(F)ccc1C. The molecule has 3 heteroatoms. The molecule has 0 saturated heterocycles. The van der Waals surface area contributed by atoms with Gasteiger partial charge in [-0.15, -0.1) is 0 Å². The fraction of sp³-hybridized carbons (Fsp3) is 0.538. The van der Waals surface area contributed by atoms with Gasteiger partial charge in [0.05, 0.1) is 0 Å². The standard InChI is InChI=1S/C13H20FNO/c1-3-7-16-8-6-13(15)12-9-11(14)5-4-10(12)2/h4-5,9,13H,3,6-8,15H2,1-2H3. The highest BCUT2D eigenvalue weighted by Crippen LogP contribution is 2.19. The minimum atomic E-state index is -0.231. The summed E-state index contributed by atoms with van der Waals surface area (Å²) >= 11 is 0. The van der Waals surface area contributed by atoms with Crippen LogP contribution < -0.4 is 5.73 Å².